The van der Waals surface area contributed by atoms with Gasteiger partial charge in [-0.1, -0.05) is 0 Å². The number of carbonyl (C=O) groups excluding carboxylic acids is 1. The van der Waals surface area contributed by atoms with Crippen LogP contribution in [0.3, 0.4) is 0 Å². The molecule has 1 saturated heterocycles. The number of ether oxygens (including phenoxy) is 1. The van der Waals surface area contributed by atoms with Crippen molar-refractivity contribution in [2.24, 2.45) is 0 Å². The van der Waals surface area contributed by atoms with E-state index in [2.05, 4.69) is 26.6 Å². The van der Waals surface area contributed by atoms with Gasteiger partial charge in [0, 0.05) is 12.1 Å². The van der Waals surface area contributed by atoms with Crippen LogP contribution in [0, 0.1) is 5.82 Å². The molecule has 4 nitrogen and oxygen atoms in total. The molecular formula is C14H18BrFN2O2. The van der Waals surface area contributed by atoms with Crippen molar-refractivity contribution in [1.82, 2.24) is 10.6 Å². The smallest absolute Gasteiger partial charge is 0.251 e. The minimum atomic E-state index is -0.379. The third-order valence-electron chi connectivity index (χ3n) is 3.21. The van der Waals surface area contributed by atoms with Crippen molar-refractivity contribution in [3.63, 3.8) is 0 Å². The first kappa shape index (κ1) is 15.4. The number of carbonyl (C=O) groups is 1. The van der Waals surface area contributed by atoms with Crippen molar-refractivity contribution in [2.45, 2.75) is 18.9 Å². The second-order valence-corrected chi connectivity index (χ2v) is 5.56. The predicted molar refractivity (Wildman–Crippen MR) is 78.3 cm³/mol. The fraction of sp³-hybridized carbons (Fsp3) is 0.500. The standard InChI is InChI=1S/C14H18BrFN2O2/c15-12-9-10(1-2-13(12)16)14(19)18-7-8-20-11-3-5-17-6-4-11/h1-2,9,11,17H,3-8H2,(H,18,19). The minimum absolute atomic E-state index is 0.223. The Kier molecular flexibility index (Phi) is 5.94. The van der Waals surface area contributed by atoms with E-state index in [1.165, 1.54) is 18.2 Å². The van der Waals surface area contributed by atoms with E-state index in [0.717, 1.165) is 25.9 Å². The zero-order chi connectivity index (χ0) is 14.4. The lowest BCUT2D eigenvalue weighted by Crippen LogP contribution is -2.34. The fourth-order valence-electron chi connectivity index (χ4n) is 2.09. The molecule has 0 bridgehead atoms. The SMILES string of the molecule is O=C(NCCOC1CCNCC1)c1ccc(F)c(Br)c1. The van der Waals surface area contributed by atoms with E-state index in [1.54, 1.807) is 0 Å². The maximum absolute atomic E-state index is 13.1. The molecule has 0 aromatic heterocycles. The van der Waals surface area contributed by atoms with Crippen LogP contribution in [-0.4, -0.2) is 38.3 Å². The van der Waals surface area contributed by atoms with E-state index in [-0.39, 0.29) is 22.3 Å². The third-order valence-corrected chi connectivity index (χ3v) is 3.82. The maximum atomic E-state index is 13.1. The Hall–Kier alpha value is -0.980. The van der Waals surface area contributed by atoms with Crippen molar-refractivity contribution in [3.05, 3.63) is 34.1 Å². The number of hydrogen-bond donors (Lipinski definition) is 2. The second-order valence-electron chi connectivity index (χ2n) is 4.70. The highest BCUT2D eigenvalue weighted by Crippen LogP contribution is 2.16. The molecule has 1 aromatic carbocycles. The van der Waals surface area contributed by atoms with Gasteiger partial charge in [-0.3, -0.25) is 4.79 Å². The Balaban J connectivity index is 1.70. The summed E-state index contributed by atoms with van der Waals surface area (Å²) in [4.78, 5) is 11.8. The quantitative estimate of drug-likeness (QED) is 0.804. The van der Waals surface area contributed by atoms with E-state index in [9.17, 15) is 9.18 Å². The van der Waals surface area contributed by atoms with Gasteiger partial charge in [-0.2, -0.15) is 0 Å². The van der Waals surface area contributed by atoms with Crippen LogP contribution in [0.15, 0.2) is 22.7 Å². The van der Waals surface area contributed by atoms with Crippen LogP contribution in [0.4, 0.5) is 4.39 Å². The summed E-state index contributed by atoms with van der Waals surface area (Å²) < 4.78 is 19.0. The average molecular weight is 345 g/mol. The molecule has 1 amide bonds. The van der Waals surface area contributed by atoms with Gasteiger partial charge in [-0.05, 0) is 60.1 Å². The summed E-state index contributed by atoms with van der Waals surface area (Å²) >= 11 is 3.06. The van der Waals surface area contributed by atoms with E-state index in [1.807, 2.05) is 0 Å². The number of halogens is 2. The molecule has 110 valence electrons. The van der Waals surface area contributed by atoms with E-state index < -0.39 is 0 Å². The van der Waals surface area contributed by atoms with Gasteiger partial charge in [0.05, 0.1) is 17.2 Å². The van der Waals surface area contributed by atoms with Gasteiger partial charge in [0.25, 0.3) is 5.91 Å². The predicted octanol–water partition coefficient (Wildman–Crippen LogP) is 2.09. The molecule has 0 atom stereocenters. The van der Waals surface area contributed by atoms with Crippen LogP contribution in [0.5, 0.6) is 0 Å². The molecule has 1 fully saturated rings. The summed E-state index contributed by atoms with van der Waals surface area (Å²) in [5.41, 5.74) is 0.431. The number of amides is 1. The maximum Gasteiger partial charge on any atom is 0.251 e. The van der Waals surface area contributed by atoms with Crippen molar-refractivity contribution < 1.29 is 13.9 Å². The molecule has 1 heterocycles. The molecule has 0 radical (unpaired) electrons. The lowest BCUT2D eigenvalue weighted by molar-refractivity contribution is 0.0343. The second kappa shape index (κ2) is 7.71. The molecule has 6 heteroatoms. The first-order valence-corrected chi connectivity index (χ1v) is 7.51. The number of nitrogens with one attached hydrogen (secondary N) is 2. The van der Waals surface area contributed by atoms with Crippen molar-refractivity contribution in [2.75, 3.05) is 26.2 Å². The highest BCUT2D eigenvalue weighted by Gasteiger charge is 2.13. The van der Waals surface area contributed by atoms with Gasteiger partial charge in [-0.15, -0.1) is 0 Å². The van der Waals surface area contributed by atoms with E-state index in [4.69, 9.17) is 4.74 Å². The zero-order valence-corrected chi connectivity index (χ0v) is 12.7. The van der Waals surface area contributed by atoms with Gasteiger partial charge >= 0.3 is 0 Å². The molecule has 1 aliphatic heterocycles. The minimum Gasteiger partial charge on any atom is -0.376 e. The Morgan fingerprint density at radius 2 is 2.20 bits per heavy atom. The normalized spacial score (nSPS) is 16.1. The summed E-state index contributed by atoms with van der Waals surface area (Å²) in [6.07, 6.45) is 2.31. The first-order valence-electron chi connectivity index (χ1n) is 6.72. The van der Waals surface area contributed by atoms with Gasteiger partial charge in [0.2, 0.25) is 0 Å². The summed E-state index contributed by atoms with van der Waals surface area (Å²) in [5, 5.41) is 6.03. The molecular weight excluding hydrogens is 327 g/mol. The largest absolute Gasteiger partial charge is 0.376 e. The molecule has 0 spiro atoms. The summed E-state index contributed by atoms with van der Waals surface area (Å²) in [6.45, 7) is 2.93. The molecule has 1 aliphatic rings. The van der Waals surface area contributed by atoms with Gasteiger partial charge in [0.1, 0.15) is 5.82 Å². The Morgan fingerprint density at radius 3 is 2.90 bits per heavy atom. The van der Waals surface area contributed by atoms with E-state index in [0.29, 0.717) is 18.7 Å². The molecule has 0 aliphatic carbocycles. The Morgan fingerprint density at radius 1 is 1.45 bits per heavy atom. The topological polar surface area (TPSA) is 50.4 Å². The molecule has 2 N–H and O–H groups in total. The van der Waals surface area contributed by atoms with Gasteiger partial charge in [0.15, 0.2) is 0 Å². The van der Waals surface area contributed by atoms with Crippen LogP contribution in [0.2, 0.25) is 0 Å². The van der Waals surface area contributed by atoms with Crippen LogP contribution in [0.25, 0.3) is 0 Å². The average Bonchev–Trinajstić information content (AvgIpc) is 2.47. The number of rotatable bonds is 5. The molecule has 0 unspecified atom stereocenters. The first-order chi connectivity index (χ1) is 9.66. The van der Waals surface area contributed by atoms with Crippen LogP contribution < -0.4 is 10.6 Å². The highest BCUT2D eigenvalue weighted by atomic mass is 79.9. The molecule has 0 saturated carbocycles. The van der Waals surface area contributed by atoms with Gasteiger partial charge < -0.3 is 15.4 Å². The van der Waals surface area contributed by atoms with Crippen molar-refractivity contribution in [3.8, 4) is 0 Å². The van der Waals surface area contributed by atoms with Crippen LogP contribution in [-0.2, 0) is 4.74 Å². The fourth-order valence-corrected chi connectivity index (χ4v) is 2.47. The van der Waals surface area contributed by atoms with Crippen molar-refractivity contribution in [1.29, 1.82) is 0 Å². The molecule has 20 heavy (non-hydrogen) atoms. The number of hydrogen-bond acceptors (Lipinski definition) is 3. The van der Waals surface area contributed by atoms with E-state index >= 15 is 0 Å². The van der Waals surface area contributed by atoms with Crippen molar-refractivity contribution >= 4 is 21.8 Å². The lowest BCUT2D eigenvalue weighted by Gasteiger charge is -2.22. The molecule has 2 rings (SSSR count). The lowest BCUT2D eigenvalue weighted by atomic mass is 10.1. The summed E-state index contributed by atoms with van der Waals surface area (Å²) in [5.74, 6) is -0.601. The number of benzene rings is 1. The highest BCUT2D eigenvalue weighted by molar-refractivity contribution is 9.10. The Bertz CT molecular complexity index is 464. The van der Waals surface area contributed by atoms with Crippen LogP contribution >= 0.6 is 15.9 Å². The van der Waals surface area contributed by atoms with Crippen LogP contribution in [0.1, 0.15) is 23.2 Å². The summed E-state index contributed by atoms with van der Waals surface area (Å²) in [6, 6.07) is 4.20. The zero-order valence-electron chi connectivity index (χ0n) is 11.1. The Labute approximate surface area is 126 Å². The van der Waals surface area contributed by atoms with Gasteiger partial charge in [-0.25, -0.2) is 4.39 Å². The summed E-state index contributed by atoms with van der Waals surface area (Å²) in [7, 11) is 0. The monoisotopic (exact) mass is 344 g/mol. The third kappa shape index (κ3) is 4.54. The number of piperidine rings is 1. The molecule has 1 aromatic rings.